The minimum absolute atomic E-state index is 0.00984. The first-order valence-electron chi connectivity index (χ1n) is 12.5. The highest BCUT2D eigenvalue weighted by Gasteiger charge is 2.47. The van der Waals surface area contributed by atoms with Crippen LogP contribution in [0.3, 0.4) is 0 Å². The number of ether oxygens (including phenoxy) is 2. The summed E-state index contributed by atoms with van der Waals surface area (Å²) in [5.74, 6) is 1.54. The molecule has 2 amide bonds. The topological polar surface area (TPSA) is 67.9 Å². The summed E-state index contributed by atoms with van der Waals surface area (Å²) in [5, 5.41) is 3.30. The molecule has 1 unspecified atom stereocenters. The van der Waals surface area contributed by atoms with E-state index in [1.54, 1.807) is 4.90 Å². The molecule has 6 heteroatoms. The van der Waals surface area contributed by atoms with E-state index in [4.69, 9.17) is 9.47 Å². The number of likely N-dealkylation sites (tertiary alicyclic amines) is 1. The Balaban J connectivity index is 1.66. The molecular weight excluding hydrogens is 404 g/mol. The molecule has 0 radical (unpaired) electrons. The van der Waals surface area contributed by atoms with Gasteiger partial charge in [-0.2, -0.15) is 0 Å². The minimum atomic E-state index is -0.770. The number of amides is 2. The lowest BCUT2D eigenvalue weighted by Gasteiger charge is -2.35. The van der Waals surface area contributed by atoms with Crippen LogP contribution in [0, 0.1) is 0 Å². The monoisotopic (exact) mass is 444 g/mol. The van der Waals surface area contributed by atoms with Gasteiger partial charge in [0.2, 0.25) is 11.8 Å². The number of nitrogens with zero attached hydrogens (tertiary/aromatic N) is 1. The molecular formula is C26H40N2O4. The van der Waals surface area contributed by atoms with E-state index in [2.05, 4.69) is 5.32 Å². The molecule has 6 nitrogen and oxygen atoms in total. The first-order chi connectivity index (χ1) is 15.5. The second-order valence-electron chi connectivity index (χ2n) is 9.23. The Bertz CT molecular complexity index is 773. The lowest BCUT2D eigenvalue weighted by atomic mass is 9.93. The van der Waals surface area contributed by atoms with Gasteiger partial charge in [0.1, 0.15) is 5.54 Å². The summed E-state index contributed by atoms with van der Waals surface area (Å²) in [6.07, 6.45) is 9.92. The van der Waals surface area contributed by atoms with Crippen LogP contribution < -0.4 is 14.8 Å². The Morgan fingerprint density at radius 2 is 1.72 bits per heavy atom. The second kappa shape index (κ2) is 11.6. The van der Waals surface area contributed by atoms with Gasteiger partial charge < -0.3 is 19.7 Å². The molecule has 178 valence electrons. The number of benzene rings is 1. The number of carbonyl (C=O) groups excluding carboxylic acids is 2. The van der Waals surface area contributed by atoms with Crippen LogP contribution in [0.25, 0.3) is 0 Å². The summed E-state index contributed by atoms with van der Waals surface area (Å²) < 4.78 is 11.4. The van der Waals surface area contributed by atoms with E-state index in [1.807, 2.05) is 39.0 Å². The van der Waals surface area contributed by atoms with Crippen LogP contribution in [0.2, 0.25) is 0 Å². The van der Waals surface area contributed by atoms with E-state index in [1.165, 1.54) is 32.1 Å². The zero-order valence-corrected chi connectivity index (χ0v) is 20.1. The normalized spacial score (nSPS) is 22.3. The van der Waals surface area contributed by atoms with Crippen molar-refractivity contribution in [3.05, 3.63) is 23.8 Å². The van der Waals surface area contributed by atoms with Crippen LogP contribution in [0.5, 0.6) is 11.5 Å². The largest absolute Gasteiger partial charge is 0.490 e. The fourth-order valence-electron chi connectivity index (χ4n) is 4.94. The zero-order valence-electron chi connectivity index (χ0n) is 20.1. The Morgan fingerprint density at radius 3 is 2.41 bits per heavy atom. The summed E-state index contributed by atoms with van der Waals surface area (Å²) in [5.41, 5.74) is 0.298. The molecule has 1 aliphatic heterocycles. The van der Waals surface area contributed by atoms with Crippen molar-refractivity contribution in [2.75, 3.05) is 19.8 Å². The highest BCUT2D eigenvalue weighted by atomic mass is 16.5. The van der Waals surface area contributed by atoms with Crippen molar-refractivity contribution in [3.63, 3.8) is 0 Å². The molecule has 1 saturated carbocycles. The Hall–Kier alpha value is -2.24. The molecule has 2 fully saturated rings. The van der Waals surface area contributed by atoms with E-state index in [9.17, 15) is 9.59 Å². The van der Waals surface area contributed by atoms with Crippen molar-refractivity contribution >= 4 is 11.8 Å². The average Bonchev–Trinajstić information content (AvgIpc) is 3.05. The molecule has 1 N–H and O–H groups in total. The molecule has 1 aromatic carbocycles. The fraction of sp³-hybridized carbons (Fsp3) is 0.692. The maximum atomic E-state index is 13.3. The number of hydrogen-bond donors (Lipinski definition) is 1. The predicted octanol–water partition coefficient (Wildman–Crippen LogP) is 4.64. The summed E-state index contributed by atoms with van der Waals surface area (Å²) in [6, 6.07) is 6.16. The van der Waals surface area contributed by atoms with Crippen molar-refractivity contribution in [1.29, 1.82) is 0 Å². The summed E-state index contributed by atoms with van der Waals surface area (Å²) in [6.45, 7) is 7.49. The van der Waals surface area contributed by atoms with E-state index in [-0.39, 0.29) is 17.9 Å². The highest BCUT2D eigenvalue weighted by Crippen LogP contribution is 2.33. The van der Waals surface area contributed by atoms with Gasteiger partial charge in [-0.15, -0.1) is 0 Å². The molecule has 1 atom stereocenters. The predicted molar refractivity (Wildman–Crippen MR) is 126 cm³/mol. The molecule has 1 aliphatic carbocycles. The van der Waals surface area contributed by atoms with E-state index in [0.29, 0.717) is 39.0 Å². The standard InChI is InChI=1S/C26H40N2O4/c1-4-31-22-14-13-20(19-23(22)32-5-2)16-18-28-24(29)15-17-26(28,3)25(30)27-21-11-9-7-6-8-10-12-21/h13-14,19,21H,4-12,15-18H2,1-3H3,(H,27,30). The van der Waals surface area contributed by atoms with Crippen LogP contribution in [0.15, 0.2) is 18.2 Å². The average molecular weight is 445 g/mol. The van der Waals surface area contributed by atoms with E-state index < -0.39 is 5.54 Å². The number of nitrogens with one attached hydrogen (secondary N) is 1. The Kier molecular flexibility index (Phi) is 8.83. The van der Waals surface area contributed by atoms with E-state index >= 15 is 0 Å². The number of carbonyl (C=O) groups is 2. The Morgan fingerprint density at radius 1 is 1.06 bits per heavy atom. The van der Waals surface area contributed by atoms with Gasteiger partial charge in [0.15, 0.2) is 11.5 Å². The molecule has 0 bridgehead atoms. The zero-order chi connectivity index (χ0) is 23.0. The van der Waals surface area contributed by atoms with Gasteiger partial charge in [-0.1, -0.05) is 38.2 Å². The van der Waals surface area contributed by atoms with Crippen LogP contribution in [0.1, 0.15) is 84.1 Å². The molecule has 2 aliphatic rings. The number of rotatable bonds is 9. The van der Waals surface area contributed by atoms with Crippen molar-refractivity contribution in [1.82, 2.24) is 10.2 Å². The van der Waals surface area contributed by atoms with Gasteiger partial charge in [-0.05, 0) is 64.2 Å². The van der Waals surface area contributed by atoms with Gasteiger partial charge in [0, 0.05) is 19.0 Å². The summed E-state index contributed by atoms with van der Waals surface area (Å²) >= 11 is 0. The third-order valence-electron chi connectivity index (χ3n) is 6.88. The van der Waals surface area contributed by atoms with Crippen molar-refractivity contribution < 1.29 is 19.1 Å². The smallest absolute Gasteiger partial charge is 0.245 e. The van der Waals surface area contributed by atoms with Gasteiger partial charge in [-0.25, -0.2) is 0 Å². The molecule has 1 saturated heterocycles. The van der Waals surface area contributed by atoms with Crippen LogP contribution in [-0.2, 0) is 16.0 Å². The first-order valence-corrected chi connectivity index (χ1v) is 12.5. The van der Waals surface area contributed by atoms with Gasteiger partial charge in [-0.3, -0.25) is 9.59 Å². The molecule has 32 heavy (non-hydrogen) atoms. The summed E-state index contributed by atoms with van der Waals surface area (Å²) in [4.78, 5) is 27.8. The van der Waals surface area contributed by atoms with E-state index in [0.717, 1.165) is 29.9 Å². The molecule has 1 heterocycles. The first kappa shape index (κ1) is 24.4. The van der Waals surface area contributed by atoms with Gasteiger partial charge in [0.25, 0.3) is 0 Å². The quantitative estimate of drug-likeness (QED) is 0.603. The second-order valence-corrected chi connectivity index (χ2v) is 9.23. The molecule has 0 spiro atoms. The van der Waals surface area contributed by atoms with Crippen molar-refractivity contribution in [2.24, 2.45) is 0 Å². The third-order valence-corrected chi connectivity index (χ3v) is 6.88. The lowest BCUT2D eigenvalue weighted by Crippen LogP contribution is -2.56. The third kappa shape index (κ3) is 5.96. The maximum Gasteiger partial charge on any atom is 0.245 e. The minimum Gasteiger partial charge on any atom is -0.490 e. The van der Waals surface area contributed by atoms with Crippen LogP contribution in [-0.4, -0.2) is 48.1 Å². The SMILES string of the molecule is CCOc1ccc(CCN2C(=O)CCC2(C)C(=O)NC2CCCCCCC2)cc1OCC. The fourth-order valence-corrected chi connectivity index (χ4v) is 4.94. The van der Waals surface area contributed by atoms with Crippen LogP contribution >= 0.6 is 0 Å². The van der Waals surface area contributed by atoms with Crippen molar-refractivity contribution in [2.45, 2.75) is 96.6 Å². The molecule has 1 aromatic rings. The van der Waals surface area contributed by atoms with Gasteiger partial charge >= 0.3 is 0 Å². The maximum absolute atomic E-state index is 13.3. The molecule has 3 rings (SSSR count). The highest BCUT2D eigenvalue weighted by molar-refractivity contribution is 5.94. The Labute approximate surface area is 193 Å². The summed E-state index contributed by atoms with van der Waals surface area (Å²) in [7, 11) is 0. The van der Waals surface area contributed by atoms with Gasteiger partial charge in [0.05, 0.1) is 13.2 Å². The van der Waals surface area contributed by atoms with Crippen molar-refractivity contribution in [3.8, 4) is 11.5 Å². The lowest BCUT2D eigenvalue weighted by molar-refractivity contribution is -0.141. The number of hydrogen-bond acceptors (Lipinski definition) is 4. The van der Waals surface area contributed by atoms with Crippen LogP contribution in [0.4, 0.5) is 0 Å². The molecule has 0 aromatic heterocycles.